The van der Waals surface area contributed by atoms with Crippen LogP contribution in [0.4, 0.5) is 0 Å². The summed E-state index contributed by atoms with van der Waals surface area (Å²) in [6.45, 7) is 5.30. The molecule has 4 rings (SSSR count). The van der Waals surface area contributed by atoms with Crippen LogP contribution in [0.2, 0.25) is 0 Å². The minimum Gasteiger partial charge on any atom is -0.469 e. The van der Waals surface area contributed by atoms with Gasteiger partial charge < -0.3 is 4.74 Å². The van der Waals surface area contributed by atoms with Gasteiger partial charge >= 0.3 is 5.97 Å². The second-order valence-corrected chi connectivity index (χ2v) is 10.7. The van der Waals surface area contributed by atoms with Gasteiger partial charge in [0.15, 0.2) is 0 Å². The first-order valence-corrected chi connectivity index (χ1v) is 11.6. The summed E-state index contributed by atoms with van der Waals surface area (Å²) in [5, 5.41) is 0. The molecule has 0 N–H and O–H groups in total. The number of carbonyl (C=O) groups is 1. The molecule has 0 amide bonds. The Kier molecular flexibility index (Phi) is 5.16. The minimum absolute atomic E-state index is 0.0306. The summed E-state index contributed by atoms with van der Waals surface area (Å²) in [7, 11) is 1.51. The van der Waals surface area contributed by atoms with Gasteiger partial charge in [-0.1, -0.05) is 26.7 Å². The van der Waals surface area contributed by atoms with E-state index in [0.717, 1.165) is 36.0 Å². The van der Waals surface area contributed by atoms with Gasteiger partial charge in [-0.2, -0.15) is 0 Å². The molecule has 0 aromatic heterocycles. The number of rotatable bonds is 4. The first-order valence-electron chi connectivity index (χ1n) is 11.6. The minimum atomic E-state index is -0.0306. The average Bonchev–Trinajstić information content (AvgIpc) is 2.97. The first kappa shape index (κ1) is 18.8. The summed E-state index contributed by atoms with van der Waals surface area (Å²) >= 11 is 0. The highest BCUT2D eigenvalue weighted by Gasteiger charge is 2.59. The largest absolute Gasteiger partial charge is 0.469 e. The highest BCUT2D eigenvalue weighted by atomic mass is 16.5. The molecular formula is C24H40O2. The number of hydrogen-bond acceptors (Lipinski definition) is 2. The van der Waals surface area contributed by atoms with Crippen LogP contribution in [-0.4, -0.2) is 13.1 Å². The third-order valence-electron chi connectivity index (χ3n) is 9.94. The van der Waals surface area contributed by atoms with E-state index in [0.29, 0.717) is 17.3 Å². The molecule has 2 unspecified atom stereocenters. The van der Waals surface area contributed by atoms with E-state index in [1.165, 1.54) is 77.7 Å². The monoisotopic (exact) mass is 360 g/mol. The van der Waals surface area contributed by atoms with Gasteiger partial charge in [0.2, 0.25) is 0 Å². The van der Waals surface area contributed by atoms with Crippen LogP contribution in [0.5, 0.6) is 0 Å². The van der Waals surface area contributed by atoms with Crippen molar-refractivity contribution in [3.05, 3.63) is 0 Å². The molecule has 148 valence electrons. The fourth-order valence-corrected chi connectivity index (χ4v) is 8.47. The van der Waals surface area contributed by atoms with Gasteiger partial charge in [-0.15, -0.1) is 0 Å². The maximum atomic E-state index is 11.5. The lowest BCUT2D eigenvalue weighted by Gasteiger charge is -2.60. The summed E-state index contributed by atoms with van der Waals surface area (Å²) in [5.41, 5.74) is 1.21. The maximum absolute atomic E-state index is 11.5. The van der Waals surface area contributed by atoms with Crippen LogP contribution in [0.15, 0.2) is 0 Å². The van der Waals surface area contributed by atoms with E-state index in [2.05, 4.69) is 13.8 Å². The lowest BCUT2D eigenvalue weighted by atomic mass is 9.45. The Balaban J connectivity index is 1.45. The molecule has 0 bridgehead atoms. The number of hydrogen-bond donors (Lipinski definition) is 0. The SMILES string of the molecule is COC(=O)CCC[C@H]1CCC2[C@@H]3CC[C@@H]4CCCC[C@]4(C)C3CC[C@@]21C. The Morgan fingerprint density at radius 3 is 2.54 bits per heavy atom. The van der Waals surface area contributed by atoms with E-state index < -0.39 is 0 Å². The van der Waals surface area contributed by atoms with E-state index in [1.54, 1.807) is 0 Å². The molecule has 4 aliphatic rings. The zero-order valence-electron chi connectivity index (χ0n) is 17.4. The fourth-order valence-electron chi connectivity index (χ4n) is 8.47. The van der Waals surface area contributed by atoms with E-state index in [4.69, 9.17) is 4.74 Å². The van der Waals surface area contributed by atoms with Crippen molar-refractivity contribution in [1.29, 1.82) is 0 Å². The topological polar surface area (TPSA) is 26.3 Å². The molecule has 0 aromatic carbocycles. The van der Waals surface area contributed by atoms with Crippen molar-refractivity contribution in [3.8, 4) is 0 Å². The predicted molar refractivity (Wildman–Crippen MR) is 106 cm³/mol. The molecule has 0 heterocycles. The quantitative estimate of drug-likeness (QED) is 0.544. The first-order chi connectivity index (χ1) is 12.5. The number of fused-ring (bicyclic) bond motifs is 5. The van der Waals surface area contributed by atoms with Crippen LogP contribution in [0.25, 0.3) is 0 Å². The van der Waals surface area contributed by atoms with Gasteiger partial charge in [-0.05, 0) is 105 Å². The molecular weight excluding hydrogens is 320 g/mol. The molecule has 0 spiro atoms. The summed E-state index contributed by atoms with van der Waals surface area (Å²) in [6.07, 6.45) is 17.7. The number of carbonyl (C=O) groups excluding carboxylic acids is 1. The zero-order chi connectivity index (χ0) is 18.4. The molecule has 0 radical (unpaired) electrons. The molecule has 4 saturated carbocycles. The number of esters is 1. The molecule has 26 heavy (non-hydrogen) atoms. The van der Waals surface area contributed by atoms with Crippen LogP contribution in [0, 0.1) is 40.4 Å². The number of ether oxygens (including phenoxy) is 1. The van der Waals surface area contributed by atoms with Crippen molar-refractivity contribution in [2.45, 2.75) is 97.3 Å². The zero-order valence-corrected chi connectivity index (χ0v) is 17.4. The Morgan fingerprint density at radius 2 is 1.73 bits per heavy atom. The van der Waals surface area contributed by atoms with Gasteiger partial charge in [0.25, 0.3) is 0 Å². The van der Waals surface area contributed by atoms with Crippen LogP contribution in [0.1, 0.15) is 97.3 Å². The van der Waals surface area contributed by atoms with Crippen molar-refractivity contribution in [1.82, 2.24) is 0 Å². The third kappa shape index (κ3) is 2.94. The van der Waals surface area contributed by atoms with E-state index in [-0.39, 0.29) is 5.97 Å². The molecule has 0 aliphatic heterocycles. The van der Waals surface area contributed by atoms with Crippen molar-refractivity contribution >= 4 is 5.97 Å². The Hall–Kier alpha value is -0.530. The van der Waals surface area contributed by atoms with Gasteiger partial charge in [0.05, 0.1) is 7.11 Å². The van der Waals surface area contributed by atoms with Gasteiger partial charge in [-0.25, -0.2) is 0 Å². The van der Waals surface area contributed by atoms with Gasteiger partial charge in [-0.3, -0.25) is 4.79 Å². The predicted octanol–water partition coefficient (Wildman–Crippen LogP) is 6.38. The van der Waals surface area contributed by atoms with E-state index in [1.807, 2.05) is 0 Å². The molecule has 7 atom stereocenters. The van der Waals surface area contributed by atoms with E-state index >= 15 is 0 Å². The average molecular weight is 361 g/mol. The standard InChI is InChI=1S/C24H40O2/c1-23-15-5-4-7-17(23)10-12-19-20-13-11-18(8-6-9-22(25)26-3)24(20,2)16-14-21(19)23/h17-21H,4-16H2,1-3H3/t17-,18-,19-,20?,21?,23-,24+/m0/s1. The fraction of sp³-hybridized carbons (Fsp3) is 0.958. The number of methoxy groups -OCH3 is 1. The van der Waals surface area contributed by atoms with Crippen molar-refractivity contribution in [3.63, 3.8) is 0 Å². The smallest absolute Gasteiger partial charge is 0.305 e. The second-order valence-electron chi connectivity index (χ2n) is 10.7. The Labute approximate surface area is 160 Å². The van der Waals surface area contributed by atoms with Crippen molar-refractivity contribution in [2.24, 2.45) is 40.4 Å². The molecule has 4 aliphatic carbocycles. The van der Waals surface area contributed by atoms with Gasteiger partial charge in [0.1, 0.15) is 0 Å². The molecule has 2 nitrogen and oxygen atoms in total. The van der Waals surface area contributed by atoms with Crippen LogP contribution in [-0.2, 0) is 9.53 Å². The Bertz CT molecular complexity index is 528. The summed E-state index contributed by atoms with van der Waals surface area (Å²) in [5.74, 6) is 4.81. The molecule has 2 heteroatoms. The summed E-state index contributed by atoms with van der Waals surface area (Å²) in [6, 6.07) is 0. The maximum Gasteiger partial charge on any atom is 0.305 e. The summed E-state index contributed by atoms with van der Waals surface area (Å²) in [4.78, 5) is 11.5. The Morgan fingerprint density at radius 1 is 0.923 bits per heavy atom. The second kappa shape index (κ2) is 7.13. The molecule has 0 aromatic rings. The lowest BCUT2D eigenvalue weighted by molar-refractivity contribution is -0.140. The molecule has 0 saturated heterocycles. The van der Waals surface area contributed by atoms with Crippen LogP contribution in [0.3, 0.4) is 0 Å². The highest BCUT2D eigenvalue weighted by Crippen LogP contribution is 2.67. The molecule has 4 fully saturated rings. The van der Waals surface area contributed by atoms with Crippen molar-refractivity contribution < 1.29 is 9.53 Å². The normalized spacial score (nSPS) is 47.6. The lowest BCUT2D eigenvalue weighted by Crippen LogP contribution is -2.52. The van der Waals surface area contributed by atoms with E-state index in [9.17, 15) is 4.79 Å². The summed E-state index contributed by atoms with van der Waals surface area (Å²) < 4.78 is 4.84. The van der Waals surface area contributed by atoms with Crippen LogP contribution < -0.4 is 0 Å². The third-order valence-corrected chi connectivity index (χ3v) is 9.94. The van der Waals surface area contributed by atoms with Crippen molar-refractivity contribution in [2.75, 3.05) is 7.11 Å². The van der Waals surface area contributed by atoms with Crippen LogP contribution >= 0.6 is 0 Å². The van der Waals surface area contributed by atoms with Gasteiger partial charge in [0, 0.05) is 6.42 Å². The highest BCUT2D eigenvalue weighted by molar-refractivity contribution is 5.68.